The fourth-order valence-electron chi connectivity index (χ4n) is 1.51. The summed E-state index contributed by atoms with van der Waals surface area (Å²) >= 11 is 3.08. The number of aromatic nitrogens is 2. The lowest BCUT2D eigenvalue weighted by atomic mass is 10.1. The van der Waals surface area contributed by atoms with Gasteiger partial charge in [0.05, 0.1) is 4.47 Å². The fourth-order valence-corrected chi connectivity index (χ4v) is 1.89. The van der Waals surface area contributed by atoms with Crippen LogP contribution in [0.1, 0.15) is 17.5 Å². The van der Waals surface area contributed by atoms with Gasteiger partial charge in [0.25, 0.3) is 0 Å². The molecule has 1 aromatic carbocycles. The van der Waals surface area contributed by atoms with Gasteiger partial charge >= 0.3 is 0 Å². The molecule has 0 aliphatic rings. The van der Waals surface area contributed by atoms with Crippen LogP contribution in [0.3, 0.4) is 0 Å². The minimum atomic E-state index is -1.06. The topological polar surface area (TPSA) is 38.0 Å². The van der Waals surface area contributed by atoms with Gasteiger partial charge in [-0.25, -0.2) is 9.37 Å². The number of benzene rings is 1. The molecule has 0 amide bonds. The number of imidazole rings is 1. The molecule has 0 saturated heterocycles. The van der Waals surface area contributed by atoms with Gasteiger partial charge in [0.15, 0.2) is 0 Å². The molecule has 0 fully saturated rings. The Bertz CT molecular complexity index is 512. The minimum Gasteiger partial charge on any atom is -0.380 e. The third-order valence-electron chi connectivity index (χ3n) is 2.38. The first-order chi connectivity index (χ1) is 7.61. The molecule has 5 heteroatoms. The normalized spacial score (nSPS) is 12.8. The lowest BCUT2D eigenvalue weighted by Crippen LogP contribution is -2.08. The summed E-state index contributed by atoms with van der Waals surface area (Å²) in [6.45, 7) is 0. The van der Waals surface area contributed by atoms with Gasteiger partial charge in [-0.05, 0) is 22.0 Å². The summed E-state index contributed by atoms with van der Waals surface area (Å²) in [4.78, 5) is 3.99. The van der Waals surface area contributed by atoms with Crippen molar-refractivity contribution >= 4 is 15.9 Å². The maximum absolute atomic E-state index is 13.7. The molecule has 1 aromatic heterocycles. The monoisotopic (exact) mass is 284 g/mol. The lowest BCUT2D eigenvalue weighted by molar-refractivity contribution is 0.201. The van der Waals surface area contributed by atoms with E-state index in [1.807, 2.05) is 0 Å². The molecule has 0 saturated carbocycles. The van der Waals surface area contributed by atoms with Crippen LogP contribution in [0, 0.1) is 5.82 Å². The predicted molar refractivity (Wildman–Crippen MR) is 61.4 cm³/mol. The van der Waals surface area contributed by atoms with Crippen LogP contribution in [0.2, 0.25) is 0 Å². The van der Waals surface area contributed by atoms with Crippen molar-refractivity contribution in [2.45, 2.75) is 6.10 Å². The van der Waals surface area contributed by atoms with Crippen molar-refractivity contribution in [3.05, 3.63) is 52.3 Å². The summed E-state index contributed by atoms with van der Waals surface area (Å²) in [6, 6.07) is 4.80. The summed E-state index contributed by atoms with van der Waals surface area (Å²) in [5.74, 6) is -0.0463. The molecule has 0 bridgehead atoms. The van der Waals surface area contributed by atoms with Crippen molar-refractivity contribution in [3.63, 3.8) is 0 Å². The molecule has 1 N–H and O–H groups in total. The van der Waals surface area contributed by atoms with E-state index in [0.717, 1.165) is 0 Å². The Kier molecular flexibility index (Phi) is 3.07. The van der Waals surface area contributed by atoms with E-state index < -0.39 is 11.9 Å². The Morgan fingerprint density at radius 3 is 2.88 bits per heavy atom. The molecule has 0 spiro atoms. The number of nitrogens with zero attached hydrogens (tertiary/aromatic N) is 2. The maximum Gasteiger partial charge on any atom is 0.143 e. The zero-order valence-electron chi connectivity index (χ0n) is 8.56. The number of rotatable bonds is 2. The highest BCUT2D eigenvalue weighted by Gasteiger charge is 2.19. The maximum atomic E-state index is 13.7. The van der Waals surface area contributed by atoms with Gasteiger partial charge < -0.3 is 9.67 Å². The van der Waals surface area contributed by atoms with Crippen LogP contribution in [0.25, 0.3) is 0 Å². The average Bonchev–Trinajstić information content (AvgIpc) is 2.68. The molecular weight excluding hydrogens is 275 g/mol. The number of aliphatic hydroxyl groups is 1. The molecule has 0 radical (unpaired) electrons. The Hall–Kier alpha value is -1.20. The van der Waals surface area contributed by atoms with Crippen molar-refractivity contribution < 1.29 is 9.50 Å². The smallest absolute Gasteiger partial charge is 0.143 e. The Balaban J connectivity index is 2.46. The minimum absolute atomic E-state index is 0.212. The van der Waals surface area contributed by atoms with Crippen molar-refractivity contribution in [1.82, 2.24) is 9.55 Å². The van der Waals surface area contributed by atoms with E-state index in [9.17, 15) is 9.50 Å². The van der Waals surface area contributed by atoms with Crippen LogP contribution >= 0.6 is 15.9 Å². The van der Waals surface area contributed by atoms with Crippen LogP contribution in [0.4, 0.5) is 4.39 Å². The quantitative estimate of drug-likeness (QED) is 0.920. The standard InChI is InChI=1S/C11H10BrFN2O/c1-15-6-5-14-11(15)10(16)7-3-2-4-8(12)9(7)13/h2-6,10,16H,1H3. The molecule has 84 valence electrons. The van der Waals surface area contributed by atoms with Crippen molar-refractivity contribution in [2.24, 2.45) is 7.05 Å². The van der Waals surface area contributed by atoms with E-state index in [-0.39, 0.29) is 5.56 Å². The fraction of sp³-hybridized carbons (Fsp3) is 0.182. The molecule has 16 heavy (non-hydrogen) atoms. The first-order valence-corrected chi connectivity index (χ1v) is 5.49. The molecular formula is C11H10BrFN2O. The Morgan fingerprint density at radius 1 is 1.50 bits per heavy atom. The second-order valence-corrected chi connectivity index (χ2v) is 4.30. The highest BCUT2D eigenvalue weighted by atomic mass is 79.9. The highest BCUT2D eigenvalue weighted by Crippen LogP contribution is 2.27. The van der Waals surface area contributed by atoms with Crippen molar-refractivity contribution in [1.29, 1.82) is 0 Å². The number of aryl methyl sites for hydroxylation is 1. The summed E-state index contributed by atoms with van der Waals surface area (Å²) in [5.41, 5.74) is 0.212. The molecule has 2 rings (SSSR count). The SMILES string of the molecule is Cn1ccnc1C(O)c1cccc(Br)c1F. The van der Waals surface area contributed by atoms with E-state index in [1.165, 1.54) is 0 Å². The molecule has 2 aromatic rings. The summed E-state index contributed by atoms with van der Waals surface area (Å²) in [6.07, 6.45) is 2.21. The van der Waals surface area contributed by atoms with Crippen LogP contribution in [-0.4, -0.2) is 14.7 Å². The lowest BCUT2D eigenvalue weighted by Gasteiger charge is -2.12. The van der Waals surface area contributed by atoms with E-state index in [2.05, 4.69) is 20.9 Å². The van der Waals surface area contributed by atoms with Gasteiger partial charge in [-0.2, -0.15) is 0 Å². The molecule has 1 heterocycles. The van der Waals surface area contributed by atoms with Crippen LogP contribution in [0.5, 0.6) is 0 Å². The second-order valence-electron chi connectivity index (χ2n) is 3.44. The van der Waals surface area contributed by atoms with Gasteiger partial charge in [0, 0.05) is 25.0 Å². The third-order valence-corrected chi connectivity index (χ3v) is 2.99. The van der Waals surface area contributed by atoms with Crippen molar-refractivity contribution in [2.75, 3.05) is 0 Å². The molecule has 1 unspecified atom stereocenters. The van der Waals surface area contributed by atoms with Crippen LogP contribution < -0.4 is 0 Å². The largest absolute Gasteiger partial charge is 0.380 e. The first-order valence-electron chi connectivity index (χ1n) is 4.70. The van der Waals surface area contributed by atoms with E-state index >= 15 is 0 Å². The van der Waals surface area contributed by atoms with E-state index in [1.54, 1.807) is 42.2 Å². The van der Waals surface area contributed by atoms with Gasteiger partial charge in [-0.3, -0.25) is 0 Å². The molecule has 1 atom stereocenters. The molecule has 0 aliphatic heterocycles. The molecule has 0 aliphatic carbocycles. The summed E-state index contributed by atoms with van der Waals surface area (Å²) in [5, 5.41) is 10.0. The van der Waals surface area contributed by atoms with E-state index in [0.29, 0.717) is 10.3 Å². The highest BCUT2D eigenvalue weighted by molar-refractivity contribution is 9.10. The zero-order valence-corrected chi connectivity index (χ0v) is 10.1. The van der Waals surface area contributed by atoms with Gasteiger partial charge in [0.1, 0.15) is 17.7 Å². The van der Waals surface area contributed by atoms with Crippen LogP contribution in [-0.2, 0) is 7.05 Å². The Morgan fingerprint density at radius 2 is 2.25 bits per heavy atom. The van der Waals surface area contributed by atoms with Gasteiger partial charge in [-0.1, -0.05) is 12.1 Å². The first kappa shape index (κ1) is 11.3. The number of halogens is 2. The third kappa shape index (κ3) is 1.88. The average molecular weight is 285 g/mol. The predicted octanol–water partition coefficient (Wildman–Crippen LogP) is 2.40. The van der Waals surface area contributed by atoms with Gasteiger partial charge in [-0.15, -0.1) is 0 Å². The van der Waals surface area contributed by atoms with Crippen LogP contribution in [0.15, 0.2) is 35.1 Å². The van der Waals surface area contributed by atoms with Gasteiger partial charge in [0.2, 0.25) is 0 Å². The molecule has 3 nitrogen and oxygen atoms in total. The van der Waals surface area contributed by atoms with Crippen molar-refractivity contribution in [3.8, 4) is 0 Å². The number of hydrogen-bond donors (Lipinski definition) is 1. The zero-order chi connectivity index (χ0) is 11.7. The summed E-state index contributed by atoms with van der Waals surface area (Å²) in [7, 11) is 1.75. The Labute approximate surface area is 101 Å². The summed E-state index contributed by atoms with van der Waals surface area (Å²) < 4.78 is 15.7. The number of aliphatic hydroxyl groups excluding tert-OH is 1. The number of hydrogen-bond acceptors (Lipinski definition) is 2. The van der Waals surface area contributed by atoms with E-state index in [4.69, 9.17) is 0 Å². The second kappa shape index (κ2) is 4.35.